The maximum Gasteiger partial charge on any atom is 0.286 e. The number of rotatable bonds is 8. The molecule has 0 unspecified atom stereocenters. The lowest BCUT2D eigenvalue weighted by molar-refractivity contribution is -0.148. The van der Waals surface area contributed by atoms with Gasteiger partial charge in [0, 0.05) is 19.6 Å². The fourth-order valence-corrected chi connectivity index (χ4v) is 2.17. The van der Waals surface area contributed by atoms with Gasteiger partial charge >= 0.3 is 0 Å². The number of hydrogen-bond donors (Lipinski definition) is 2. The molecule has 0 spiro atoms. The van der Waals surface area contributed by atoms with Crippen molar-refractivity contribution in [3.63, 3.8) is 0 Å². The van der Waals surface area contributed by atoms with Gasteiger partial charge in [-0.25, -0.2) is 0 Å². The van der Waals surface area contributed by atoms with Crippen LogP contribution in [0.15, 0.2) is 11.8 Å². The molecule has 0 saturated heterocycles. The highest BCUT2D eigenvalue weighted by molar-refractivity contribution is 5.91. The Bertz CT molecular complexity index is 352. The summed E-state index contributed by atoms with van der Waals surface area (Å²) in [6.07, 6.45) is 6.24. The van der Waals surface area contributed by atoms with Crippen molar-refractivity contribution in [2.75, 3.05) is 19.8 Å². The minimum Gasteiger partial charge on any atom is -0.459 e. The Hall–Kier alpha value is -1.07. The highest BCUT2D eigenvalue weighted by Gasteiger charge is 2.27. The van der Waals surface area contributed by atoms with Gasteiger partial charge in [0.15, 0.2) is 5.76 Å². The van der Waals surface area contributed by atoms with Gasteiger partial charge in [-0.3, -0.25) is 4.79 Å². The second-order valence-corrected chi connectivity index (χ2v) is 5.75. The number of carbonyl (C=O) groups is 1. The molecular weight excluding hydrogens is 258 g/mol. The molecule has 20 heavy (non-hydrogen) atoms. The number of aliphatic hydroxyl groups excluding tert-OH is 1. The first-order chi connectivity index (χ1) is 9.69. The van der Waals surface area contributed by atoms with E-state index in [2.05, 4.69) is 12.2 Å². The van der Waals surface area contributed by atoms with Crippen LogP contribution in [0.25, 0.3) is 0 Å². The SMILES string of the molecule is C[C@@H]1C=C(C(=O)NCC2CC2)O[C@H](OCCCCO)C1. The quantitative estimate of drug-likeness (QED) is 0.664. The molecule has 0 aromatic heterocycles. The molecule has 5 nitrogen and oxygen atoms in total. The first-order valence-corrected chi connectivity index (χ1v) is 7.58. The molecule has 2 rings (SSSR count). The van der Waals surface area contributed by atoms with Crippen LogP contribution in [0.4, 0.5) is 0 Å². The van der Waals surface area contributed by atoms with Crippen molar-refractivity contribution in [1.29, 1.82) is 0 Å². The van der Waals surface area contributed by atoms with Crippen molar-refractivity contribution >= 4 is 5.91 Å². The molecule has 0 radical (unpaired) electrons. The molecule has 2 N–H and O–H groups in total. The van der Waals surface area contributed by atoms with Crippen LogP contribution in [-0.4, -0.2) is 37.1 Å². The number of ether oxygens (including phenoxy) is 2. The zero-order valence-corrected chi connectivity index (χ0v) is 12.1. The number of allylic oxidation sites excluding steroid dienone is 1. The van der Waals surface area contributed by atoms with Gasteiger partial charge in [0.1, 0.15) is 0 Å². The van der Waals surface area contributed by atoms with E-state index in [9.17, 15) is 4.79 Å². The van der Waals surface area contributed by atoms with E-state index < -0.39 is 0 Å². The Morgan fingerprint density at radius 2 is 2.30 bits per heavy atom. The standard InChI is InChI=1S/C15H25NO4/c1-11-8-13(15(18)16-10-12-4-5-12)20-14(9-11)19-7-3-2-6-17/h8,11-12,14,17H,2-7,9-10H2,1H3,(H,16,18)/t11-,14+/m1/s1. The summed E-state index contributed by atoms with van der Waals surface area (Å²) in [5, 5.41) is 11.6. The molecule has 1 aliphatic heterocycles. The predicted molar refractivity (Wildman–Crippen MR) is 74.7 cm³/mol. The maximum absolute atomic E-state index is 12.0. The normalized spacial score (nSPS) is 25.8. The summed E-state index contributed by atoms with van der Waals surface area (Å²) in [4.78, 5) is 12.0. The van der Waals surface area contributed by atoms with Crippen LogP contribution < -0.4 is 5.32 Å². The van der Waals surface area contributed by atoms with Gasteiger partial charge in [-0.1, -0.05) is 6.92 Å². The molecule has 1 aliphatic carbocycles. The van der Waals surface area contributed by atoms with Crippen LogP contribution in [0.5, 0.6) is 0 Å². The van der Waals surface area contributed by atoms with E-state index in [0.29, 0.717) is 18.3 Å². The van der Waals surface area contributed by atoms with Gasteiger partial charge in [-0.2, -0.15) is 0 Å². The van der Waals surface area contributed by atoms with Crippen LogP contribution in [0.3, 0.4) is 0 Å². The molecule has 1 fully saturated rings. The number of amides is 1. The third-order valence-electron chi connectivity index (χ3n) is 3.59. The molecule has 0 aromatic carbocycles. The summed E-state index contributed by atoms with van der Waals surface area (Å²) >= 11 is 0. The average molecular weight is 283 g/mol. The lowest BCUT2D eigenvalue weighted by Gasteiger charge is -2.27. The molecule has 0 bridgehead atoms. The van der Waals surface area contributed by atoms with E-state index in [1.54, 1.807) is 0 Å². The molecule has 1 heterocycles. The van der Waals surface area contributed by atoms with E-state index in [-0.39, 0.29) is 24.7 Å². The van der Waals surface area contributed by atoms with Crippen molar-refractivity contribution in [2.45, 2.75) is 45.3 Å². The number of aliphatic hydroxyl groups is 1. The molecule has 114 valence electrons. The predicted octanol–water partition coefficient (Wildman–Crippen LogP) is 1.57. The summed E-state index contributed by atoms with van der Waals surface area (Å²) in [7, 11) is 0. The Labute approximate surface area is 120 Å². The van der Waals surface area contributed by atoms with Gasteiger partial charge in [0.05, 0.1) is 6.61 Å². The number of hydrogen-bond acceptors (Lipinski definition) is 4. The average Bonchev–Trinajstić information content (AvgIpc) is 3.24. The minimum absolute atomic E-state index is 0.132. The second-order valence-electron chi connectivity index (χ2n) is 5.75. The molecule has 0 aromatic rings. The minimum atomic E-state index is -0.352. The largest absolute Gasteiger partial charge is 0.459 e. The molecule has 2 atom stereocenters. The molecule has 2 aliphatic rings. The summed E-state index contributed by atoms with van der Waals surface area (Å²) in [6.45, 7) is 3.53. The van der Waals surface area contributed by atoms with Gasteiger partial charge in [0.2, 0.25) is 6.29 Å². The van der Waals surface area contributed by atoms with Crippen molar-refractivity contribution in [3.05, 3.63) is 11.8 Å². The highest BCUT2D eigenvalue weighted by Crippen LogP contribution is 2.28. The molecular formula is C15H25NO4. The van der Waals surface area contributed by atoms with E-state index in [0.717, 1.165) is 25.8 Å². The van der Waals surface area contributed by atoms with Crippen LogP contribution in [0, 0.1) is 11.8 Å². The number of carbonyl (C=O) groups excluding carboxylic acids is 1. The summed E-state index contributed by atoms with van der Waals surface area (Å²) < 4.78 is 11.2. The lowest BCUT2D eigenvalue weighted by Crippen LogP contribution is -2.33. The van der Waals surface area contributed by atoms with Crippen LogP contribution in [0.2, 0.25) is 0 Å². The Balaban J connectivity index is 1.74. The van der Waals surface area contributed by atoms with E-state index in [1.807, 2.05) is 6.08 Å². The third-order valence-corrected chi connectivity index (χ3v) is 3.59. The van der Waals surface area contributed by atoms with Crippen molar-refractivity contribution in [1.82, 2.24) is 5.32 Å². The van der Waals surface area contributed by atoms with Gasteiger partial charge < -0.3 is 19.9 Å². The van der Waals surface area contributed by atoms with E-state index in [4.69, 9.17) is 14.6 Å². The molecule has 5 heteroatoms. The summed E-state index contributed by atoms with van der Waals surface area (Å²) in [5.74, 6) is 1.18. The highest BCUT2D eigenvalue weighted by atomic mass is 16.7. The fourth-order valence-electron chi connectivity index (χ4n) is 2.17. The monoisotopic (exact) mass is 283 g/mol. The Morgan fingerprint density at radius 1 is 1.50 bits per heavy atom. The maximum atomic E-state index is 12.0. The second kappa shape index (κ2) is 7.64. The van der Waals surface area contributed by atoms with Gasteiger partial charge in [0.25, 0.3) is 5.91 Å². The van der Waals surface area contributed by atoms with Crippen LogP contribution in [0.1, 0.15) is 39.0 Å². The van der Waals surface area contributed by atoms with E-state index >= 15 is 0 Å². The number of nitrogens with one attached hydrogen (secondary N) is 1. The van der Waals surface area contributed by atoms with Crippen LogP contribution in [-0.2, 0) is 14.3 Å². The topological polar surface area (TPSA) is 67.8 Å². The zero-order valence-electron chi connectivity index (χ0n) is 12.1. The van der Waals surface area contributed by atoms with Gasteiger partial charge in [-0.05, 0) is 43.6 Å². The van der Waals surface area contributed by atoms with Gasteiger partial charge in [-0.15, -0.1) is 0 Å². The molecule has 1 saturated carbocycles. The lowest BCUT2D eigenvalue weighted by atomic mass is 10.0. The van der Waals surface area contributed by atoms with Crippen molar-refractivity contribution in [2.24, 2.45) is 11.8 Å². The third kappa shape index (κ3) is 5.13. The number of unbranched alkanes of at least 4 members (excludes halogenated alkanes) is 1. The van der Waals surface area contributed by atoms with Crippen molar-refractivity contribution < 1.29 is 19.4 Å². The summed E-state index contributed by atoms with van der Waals surface area (Å²) in [5.41, 5.74) is 0. The van der Waals surface area contributed by atoms with Crippen LogP contribution >= 0.6 is 0 Å². The zero-order chi connectivity index (χ0) is 14.4. The Kier molecular flexibility index (Phi) is 5.86. The first-order valence-electron chi connectivity index (χ1n) is 7.58. The fraction of sp³-hybridized carbons (Fsp3) is 0.800. The first kappa shape index (κ1) is 15.3. The Morgan fingerprint density at radius 3 is 3.00 bits per heavy atom. The molecule has 1 amide bonds. The van der Waals surface area contributed by atoms with Crippen molar-refractivity contribution in [3.8, 4) is 0 Å². The van der Waals surface area contributed by atoms with E-state index in [1.165, 1.54) is 12.8 Å². The smallest absolute Gasteiger partial charge is 0.286 e. The summed E-state index contributed by atoms with van der Waals surface area (Å²) in [6, 6.07) is 0.